The molecule has 0 spiro atoms. The second-order valence-corrected chi connectivity index (χ2v) is 6.61. The van der Waals surface area contributed by atoms with Crippen LogP contribution in [-0.4, -0.2) is 20.4 Å². The largest absolute Gasteiger partial charge is 0.360 e. The molecule has 1 unspecified atom stereocenters. The van der Waals surface area contributed by atoms with Gasteiger partial charge in [0, 0.05) is 0 Å². The lowest BCUT2D eigenvalue weighted by Crippen LogP contribution is -2.37. The summed E-state index contributed by atoms with van der Waals surface area (Å²) in [7, 11) is -4.07. The van der Waals surface area contributed by atoms with Crippen LogP contribution in [-0.2, 0) is 24.1 Å². The zero-order chi connectivity index (χ0) is 15.3. The number of hydrogen-bond acceptors (Lipinski definition) is 6. The van der Waals surface area contributed by atoms with E-state index in [-0.39, 0.29) is 5.92 Å². The third kappa shape index (κ3) is 4.29. The first kappa shape index (κ1) is 16.6. The fourth-order valence-electron chi connectivity index (χ4n) is 1.36. The third-order valence-corrected chi connectivity index (χ3v) is 4.30. The number of carbonyl (C=O) groups excluding carboxylic acids is 1. The highest BCUT2D eigenvalue weighted by Gasteiger charge is 2.28. The summed E-state index contributed by atoms with van der Waals surface area (Å²) in [4.78, 5) is 15.8. The van der Waals surface area contributed by atoms with Gasteiger partial charge < -0.3 is 5.73 Å². The van der Waals surface area contributed by atoms with Gasteiger partial charge in [0.25, 0.3) is 0 Å². The van der Waals surface area contributed by atoms with E-state index in [2.05, 4.69) is 9.22 Å². The lowest BCUT2D eigenvalue weighted by atomic mass is 10.1. The Morgan fingerprint density at radius 3 is 2.20 bits per heavy atom. The number of nitrogens with two attached hydrogens (primary N) is 1. The Labute approximate surface area is 118 Å². The number of hydrogen-bond donors (Lipinski definition) is 1. The van der Waals surface area contributed by atoms with Crippen LogP contribution in [0.25, 0.3) is 0 Å². The molecule has 0 aliphatic carbocycles. The van der Waals surface area contributed by atoms with E-state index < -0.39 is 27.4 Å². The Hall–Kier alpha value is -1.44. The highest BCUT2D eigenvalue weighted by atomic mass is 32.2. The molecule has 20 heavy (non-hydrogen) atoms. The minimum absolute atomic E-state index is 0.180. The molecule has 0 fully saturated rings. The van der Waals surface area contributed by atoms with E-state index in [9.17, 15) is 13.2 Å². The summed E-state index contributed by atoms with van der Waals surface area (Å²) in [6.07, 6.45) is 0. The van der Waals surface area contributed by atoms with Crippen molar-refractivity contribution in [1.82, 2.24) is 0 Å². The Kier molecular flexibility index (Phi) is 5.67. The van der Waals surface area contributed by atoms with Gasteiger partial charge in [-0.1, -0.05) is 48.5 Å². The maximum Gasteiger partial charge on any atom is 0.360 e. The second kappa shape index (κ2) is 6.83. The number of rotatable bonds is 6. The average molecular weight is 301 g/mol. The normalized spacial score (nSPS) is 14.8. The van der Waals surface area contributed by atoms with Gasteiger partial charge in [0.05, 0.1) is 0 Å². The minimum Gasteiger partial charge on any atom is -0.318 e. The number of carbonyl (C=O) groups is 1. The van der Waals surface area contributed by atoms with Crippen LogP contribution in [0.1, 0.15) is 31.6 Å². The van der Waals surface area contributed by atoms with Crippen molar-refractivity contribution in [1.29, 1.82) is 0 Å². The molecule has 0 saturated carbocycles. The molecule has 0 aliphatic rings. The molecule has 2 atom stereocenters. The summed E-state index contributed by atoms with van der Waals surface area (Å²) in [5.41, 5.74) is 6.07. The molecule has 1 aromatic carbocycles. The predicted octanol–water partition coefficient (Wildman–Crippen LogP) is 1.54. The Balaban J connectivity index is 2.69. The topological polar surface area (TPSA) is 95.7 Å². The first-order valence-corrected chi connectivity index (χ1v) is 7.67. The van der Waals surface area contributed by atoms with Crippen molar-refractivity contribution < 1.29 is 22.4 Å². The Morgan fingerprint density at radius 2 is 1.70 bits per heavy atom. The van der Waals surface area contributed by atoms with Gasteiger partial charge in [-0.25, -0.2) is 4.79 Å². The van der Waals surface area contributed by atoms with Crippen LogP contribution in [0.5, 0.6) is 0 Å². The van der Waals surface area contributed by atoms with E-state index >= 15 is 0 Å². The van der Waals surface area contributed by atoms with Crippen LogP contribution in [0.3, 0.4) is 0 Å². The lowest BCUT2D eigenvalue weighted by Gasteiger charge is -2.15. The maximum atomic E-state index is 11.9. The van der Waals surface area contributed by atoms with Crippen LogP contribution in [0.4, 0.5) is 0 Å². The van der Waals surface area contributed by atoms with Crippen molar-refractivity contribution in [3.63, 3.8) is 0 Å². The van der Waals surface area contributed by atoms with Gasteiger partial charge in [0.15, 0.2) is 0 Å². The van der Waals surface area contributed by atoms with Crippen molar-refractivity contribution in [2.45, 2.75) is 32.1 Å². The molecule has 1 aromatic rings. The van der Waals surface area contributed by atoms with Crippen molar-refractivity contribution in [3.05, 3.63) is 35.9 Å². The molecule has 0 radical (unpaired) electrons. The summed E-state index contributed by atoms with van der Waals surface area (Å²) < 4.78 is 28.1. The van der Waals surface area contributed by atoms with Crippen LogP contribution in [0.15, 0.2) is 30.3 Å². The highest BCUT2D eigenvalue weighted by Crippen LogP contribution is 2.23. The zero-order valence-corrected chi connectivity index (χ0v) is 12.5. The molecule has 2 N–H and O–H groups in total. The summed E-state index contributed by atoms with van der Waals surface area (Å²) >= 11 is 0. The van der Waals surface area contributed by atoms with Crippen LogP contribution in [0.2, 0.25) is 0 Å². The molecule has 1 rings (SSSR count). The zero-order valence-electron chi connectivity index (χ0n) is 11.6. The molecule has 0 bridgehead atoms. The average Bonchev–Trinajstić information content (AvgIpc) is 2.44. The van der Waals surface area contributed by atoms with Crippen LogP contribution >= 0.6 is 0 Å². The molecule has 112 valence electrons. The first-order chi connectivity index (χ1) is 9.25. The molecule has 0 aliphatic heterocycles. The monoisotopic (exact) mass is 301 g/mol. The summed E-state index contributed by atoms with van der Waals surface area (Å²) in [6, 6.07) is 7.55. The Morgan fingerprint density at radius 1 is 1.15 bits per heavy atom. The van der Waals surface area contributed by atoms with E-state index in [1.165, 1.54) is 6.92 Å². The smallest absolute Gasteiger partial charge is 0.318 e. The fourth-order valence-corrected chi connectivity index (χ4v) is 2.13. The van der Waals surface area contributed by atoms with Crippen LogP contribution in [0, 0.1) is 5.92 Å². The molecule has 6 nitrogen and oxygen atoms in total. The van der Waals surface area contributed by atoms with E-state index in [4.69, 9.17) is 5.73 Å². The summed E-state index contributed by atoms with van der Waals surface area (Å²) in [5.74, 6) is -1.09. The lowest BCUT2D eigenvalue weighted by molar-refractivity contribution is -0.214. The van der Waals surface area contributed by atoms with Gasteiger partial charge in [-0.05, 0) is 18.4 Å². The van der Waals surface area contributed by atoms with E-state index in [0.29, 0.717) is 5.56 Å². The minimum atomic E-state index is -4.07. The molecular formula is C13H19NO5S. The SMILES string of the molecule is CC(C)[C@H](N)C(=O)OOS(=O)(=O)C(C)c1ccccc1. The van der Waals surface area contributed by atoms with Gasteiger partial charge in [-0.2, -0.15) is 8.42 Å². The van der Waals surface area contributed by atoms with Crippen molar-refractivity contribution in [3.8, 4) is 0 Å². The summed E-state index contributed by atoms with van der Waals surface area (Å²) in [6.45, 7) is 4.88. The maximum absolute atomic E-state index is 11.9. The van der Waals surface area contributed by atoms with E-state index in [0.717, 1.165) is 0 Å². The second-order valence-electron chi connectivity index (χ2n) is 4.79. The van der Waals surface area contributed by atoms with Gasteiger partial charge in [0.2, 0.25) is 0 Å². The van der Waals surface area contributed by atoms with Gasteiger partial charge in [0.1, 0.15) is 11.3 Å². The van der Waals surface area contributed by atoms with Crippen molar-refractivity contribution in [2.75, 3.05) is 0 Å². The van der Waals surface area contributed by atoms with E-state index in [1.807, 2.05) is 0 Å². The molecule has 0 aromatic heterocycles. The van der Waals surface area contributed by atoms with Crippen LogP contribution < -0.4 is 5.73 Å². The van der Waals surface area contributed by atoms with Crippen molar-refractivity contribution in [2.24, 2.45) is 11.7 Å². The van der Waals surface area contributed by atoms with Gasteiger partial charge >= 0.3 is 16.1 Å². The van der Waals surface area contributed by atoms with Gasteiger partial charge in [-0.3, -0.25) is 4.89 Å². The predicted molar refractivity (Wildman–Crippen MR) is 73.8 cm³/mol. The molecule has 0 amide bonds. The fraction of sp³-hybridized carbons (Fsp3) is 0.462. The highest BCUT2D eigenvalue weighted by molar-refractivity contribution is 7.86. The molecule has 7 heteroatoms. The summed E-state index contributed by atoms with van der Waals surface area (Å²) in [5, 5.41) is -0.952. The number of benzene rings is 1. The first-order valence-electron chi connectivity index (χ1n) is 6.20. The third-order valence-electron chi connectivity index (χ3n) is 2.90. The Bertz CT molecular complexity index is 541. The molecular weight excluding hydrogens is 282 g/mol. The quantitative estimate of drug-likeness (QED) is 0.632. The van der Waals surface area contributed by atoms with E-state index in [1.54, 1.807) is 44.2 Å². The van der Waals surface area contributed by atoms with Crippen molar-refractivity contribution >= 4 is 16.1 Å². The molecule has 0 saturated heterocycles. The van der Waals surface area contributed by atoms with Gasteiger partial charge in [-0.15, -0.1) is 0 Å². The standard InChI is InChI=1S/C13H19NO5S/c1-9(2)12(14)13(15)18-19-20(16,17)10(3)11-7-5-4-6-8-11/h4-10,12H,14H2,1-3H3/t10?,12-/m0/s1. The molecule has 0 heterocycles.